The Morgan fingerprint density at radius 1 is 1.05 bits per heavy atom. The molecule has 2 atom stereocenters. The van der Waals surface area contributed by atoms with E-state index in [0.29, 0.717) is 12.1 Å². The van der Waals surface area contributed by atoms with Crippen LogP contribution in [0.15, 0.2) is 48.5 Å². The van der Waals surface area contributed by atoms with Crippen LogP contribution in [0, 0.1) is 6.92 Å². The van der Waals surface area contributed by atoms with Crippen molar-refractivity contribution in [2.24, 2.45) is 0 Å². The van der Waals surface area contributed by atoms with E-state index < -0.39 is 0 Å². The van der Waals surface area contributed by atoms with Crippen LogP contribution in [0.1, 0.15) is 49.0 Å². The van der Waals surface area contributed by atoms with Crippen LogP contribution in [0.25, 0.3) is 0 Å². The summed E-state index contributed by atoms with van der Waals surface area (Å²) in [5.41, 5.74) is 4.00. The minimum Gasteiger partial charge on any atom is -0.497 e. The molecule has 1 N–H and O–H groups in total. The van der Waals surface area contributed by atoms with Crippen molar-refractivity contribution in [3.63, 3.8) is 0 Å². The molecule has 0 aromatic heterocycles. The van der Waals surface area contributed by atoms with Crippen LogP contribution in [-0.2, 0) is 0 Å². The molecule has 21 heavy (non-hydrogen) atoms. The van der Waals surface area contributed by atoms with Crippen molar-refractivity contribution in [2.75, 3.05) is 7.11 Å². The van der Waals surface area contributed by atoms with Gasteiger partial charge in [0.25, 0.3) is 0 Å². The lowest BCUT2D eigenvalue weighted by atomic mass is 9.99. The Morgan fingerprint density at radius 2 is 1.71 bits per heavy atom. The highest BCUT2D eigenvalue weighted by Crippen LogP contribution is 2.25. The molecule has 0 aliphatic rings. The lowest BCUT2D eigenvalue weighted by Gasteiger charge is -2.24. The SMILES string of the molecule is CCC(N[C@@H](C)c1ccccc1C)c1ccc(OC)cc1. The maximum atomic E-state index is 5.23. The number of benzene rings is 2. The number of hydrogen-bond acceptors (Lipinski definition) is 2. The van der Waals surface area contributed by atoms with Crippen LogP contribution >= 0.6 is 0 Å². The Hall–Kier alpha value is -1.80. The normalized spacial score (nSPS) is 13.7. The minimum absolute atomic E-state index is 0.332. The van der Waals surface area contributed by atoms with Crippen LogP contribution in [0.2, 0.25) is 0 Å². The lowest BCUT2D eigenvalue weighted by Crippen LogP contribution is -2.24. The second-order valence-electron chi connectivity index (χ2n) is 5.48. The van der Waals surface area contributed by atoms with Gasteiger partial charge >= 0.3 is 0 Å². The molecule has 2 rings (SSSR count). The lowest BCUT2D eigenvalue weighted by molar-refractivity contribution is 0.413. The topological polar surface area (TPSA) is 21.3 Å². The third-order valence-corrected chi connectivity index (χ3v) is 4.03. The van der Waals surface area contributed by atoms with Gasteiger partial charge in [-0.25, -0.2) is 0 Å². The number of methoxy groups -OCH3 is 1. The van der Waals surface area contributed by atoms with E-state index in [1.807, 2.05) is 12.1 Å². The number of aryl methyl sites for hydroxylation is 1. The molecule has 2 aromatic carbocycles. The molecule has 0 fully saturated rings. The van der Waals surface area contributed by atoms with Crippen LogP contribution in [0.3, 0.4) is 0 Å². The summed E-state index contributed by atoms with van der Waals surface area (Å²) in [5, 5.41) is 3.74. The Labute approximate surface area is 128 Å². The van der Waals surface area contributed by atoms with E-state index in [2.05, 4.69) is 62.5 Å². The maximum Gasteiger partial charge on any atom is 0.118 e. The molecule has 112 valence electrons. The number of rotatable bonds is 6. The molecule has 0 radical (unpaired) electrons. The first-order valence-corrected chi connectivity index (χ1v) is 7.61. The van der Waals surface area contributed by atoms with Gasteiger partial charge in [0.15, 0.2) is 0 Å². The molecule has 0 saturated heterocycles. The van der Waals surface area contributed by atoms with Crippen LogP contribution in [0.4, 0.5) is 0 Å². The van der Waals surface area contributed by atoms with Gasteiger partial charge in [0.2, 0.25) is 0 Å². The molecule has 2 heteroatoms. The van der Waals surface area contributed by atoms with Crippen molar-refractivity contribution < 1.29 is 4.74 Å². The van der Waals surface area contributed by atoms with E-state index in [4.69, 9.17) is 4.74 Å². The molecule has 0 saturated carbocycles. The number of ether oxygens (including phenoxy) is 1. The van der Waals surface area contributed by atoms with Crippen molar-refractivity contribution in [1.82, 2.24) is 5.32 Å². The van der Waals surface area contributed by atoms with Gasteiger partial charge in [0, 0.05) is 12.1 Å². The van der Waals surface area contributed by atoms with Gasteiger partial charge in [-0.1, -0.05) is 43.3 Å². The molecule has 0 amide bonds. The zero-order chi connectivity index (χ0) is 15.2. The van der Waals surface area contributed by atoms with E-state index >= 15 is 0 Å². The summed E-state index contributed by atoms with van der Waals surface area (Å²) in [6, 6.07) is 17.6. The summed E-state index contributed by atoms with van der Waals surface area (Å²) in [7, 11) is 1.70. The fourth-order valence-corrected chi connectivity index (χ4v) is 2.75. The van der Waals surface area contributed by atoms with Crippen LogP contribution < -0.4 is 10.1 Å². The summed E-state index contributed by atoms with van der Waals surface area (Å²) >= 11 is 0. The Bertz CT molecular complexity index is 562. The largest absolute Gasteiger partial charge is 0.497 e. The second-order valence-corrected chi connectivity index (χ2v) is 5.48. The first-order chi connectivity index (χ1) is 10.2. The molecule has 1 unspecified atom stereocenters. The molecule has 0 aliphatic carbocycles. The van der Waals surface area contributed by atoms with Gasteiger partial charge in [-0.3, -0.25) is 0 Å². The van der Waals surface area contributed by atoms with Crippen molar-refractivity contribution >= 4 is 0 Å². The molecule has 0 bridgehead atoms. The fraction of sp³-hybridized carbons (Fsp3) is 0.368. The highest BCUT2D eigenvalue weighted by atomic mass is 16.5. The molecule has 2 aromatic rings. The predicted octanol–water partition coefficient (Wildman–Crippen LogP) is 4.81. The predicted molar refractivity (Wildman–Crippen MR) is 88.8 cm³/mol. The number of nitrogens with one attached hydrogen (secondary N) is 1. The van der Waals surface area contributed by atoms with Crippen LogP contribution in [-0.4, -0.2) is 7.11 Å². The van der Waals surface area contributed by atoms with Crippen molar-refractivity contribution in [1.29, 1.82) is 0 Å². The van der Waals surface area contributed by atoms with Gasteiger partial charge in [0.1, 0.15) is 5.75 Å². The summed E-state index contributed by atoms with van der Waals surface area (Å²) in [4.78, 5) is 0. The van der Waals surface area contributed by atoms with E-state index in [-0.39, 0.29) is 0 Å². The Morgan fingerprint density at radius 3 is 2.29 bits per heavy atom. The van der Waals surface area contributed by atoms with Crippen LogP contribution in [0.5, 0.6) is 5.75 Å². The van der Waals surface area contributed by atoms with E-state index in [1.54, 1.807) is 7.11 Å². The fourth-order valence-electron chi connectivity index (χ4n) is 2.75. The summed E-state index contributed by atoms with van der Waals surface area (Å²) in [6.45, 7) is 6.61. The molecule has 0 heterocycles. The minimum atomic E-state index is 0.332. The van der Waals surface area contributed by atoms with Gasteiger partial charge in [-0.15, -0.1) is 0 Å². The summed E-state index contributed by atoms with van der Waals surface area (Å²) < 4.78 is 5.23. The molecule has 0 aliphatic heterocycles. The van der Waals surface area contributed by atoms with Gasteiger partial charge in [-0.05, 0) is 49.1 Å². The zero-order valence-electron chi connectivity index (χ0n) is 13.4. The maximum absolute atomic E-state index is 5.23. The van der Waals surface area contributed by atoms with Crippen molar-refractivity contribution in [3.8, 4) is 5.75 Å². The Kier molecular flexibility index (Phi) is 5.40. The number of hydrogen-bond donors (Lipinski definition) is 1. The molecular weight excluding hydrogens is 258 g/mol. The third-order valence-electron chi connectivity index (χ3n) is 4.03. The third kappa shape index (κ3) is 3.85. The van der Waals surface area contributed by atoms with Crippen molar-refractivity contribution in [3.05, 3.63) is 65.2 Å². The van der Waals surface area contributed by atoms with Gasteiger partial charge in [0.05, 0.1) is 7.11 Å². The Balaban J connectivity index is 2.13. The average Bonchev–Trinajstić information content (AvgIpc) is 2.53. The van der Waals surface area contributed by atoms with Gasteiger partial charge < -0.3 is 10.1 Å². The molecule has 0 spiro atoms. The summed E-state index contributed by atoms with van der Waals surface area (Å²) in [6.07, 6.45) is 1.06. The van der Waals surface area contributed by atoms with E-state index in [9.17, 15) is 0 Å². The second kappa shape index (κ2) is 7.28. The highest BCUT2D eigenvalue weighted by Gasteiger charge is 2.14. The average molecular weight is 283 g/mol. The highest BCUT2D eigenvalue weighted by molar-refractivity contribution is 5.31. The molecule has 2 nitrogen and oxygen atoms in total. The van der Waals surface area contributed by atoms with E-state index in [1.165, 1.54) is 16.7 Å². The first-order valence-electron chi connectivity index (χ1n) is 7.61. The monoisotopic (exact) mass is 283 g/mol. The smallest absolute Gasteiger partial charge is 0.118 e. The zero-order valence-corrected chi connectivity index (χ0v) is 13.4. The van der Waals surface area contributed by atoms with Crippen molar-refractivity contribution in [2.45, 2.75) is 39.3 Å². The molecular formula is C19H25NO. The first kappa shape index (κ1) is 15.6. The van der Waals surface area contributed by atoms with E-state index in [0.717, 1.165) is 12.2 Å². The standard InChI is InChI=1S/C19H25NO/c1-5-19(16-10-12-17(21-4)13-11-16)20-15(3)18-9-7-6-8-14(18)2/h6-13,15,19-20H,5H2,1-4H3/t15-,19?/m0/s1. The summed E-state index contributed by atoms with van der Waals surface area (Å²) in [5.74, 6) is 0.903. The van der Waals surface area contributed by atoms with Gasteiger partial charge in [-0.2, -0.15) is 0 Å². The quantitative estimate of drug-likeness (QED) is 0.821.